The first kappa shape index (κ1) is 13.3. The van der Waals surface area contributed by atoms with Crippen molar-refractivity contribution in [3.05, 3.63) is 77.6 Å². The van der Waals surface area contributed by atoms with Crippen molar-refractivity contribution in [2.45, 2.75) is 6.61 Å². The van der Waals surface area contributed by atoms with Gasteiger partial charge in [0.1, 0.15) is 18.2 Å². The normalized spacial score (nSPS) is 10.5. The molecule has 0 spiro atoms. The summed E-state index contributed by atoms with van der Waals surface area (Å²) in [6.45, 7) is 0.150. The number of carbonyl (C=O) groups excluding carboxylic acids is 1. The van der Waals surface area contributed by atoms with Crippen LogP contribution in [0.15, 0.2) is 60.7 Å². The summed E-state index contributed by atoms with van der Waals surface area (Å²) in [5, 5.41) is 1.68. The van der Waals surface area contributed by atoms with Crippen molar-refractivity contribution in [3.63, 3.8) is 0 Å². The largest absolute Gasteiger partial charge is 0.488 e. The van der Waals surface area contributed by atoms with Gasteiger partial charge in [-0.15, -0.1) is 0 Å². The van der Waals surface area contributed by atoms with Crippen LogP contribution in [0.25, 0.3) is 10.8 Å². The van der Waals surface area contributed by atoms with E-state index in [2.05, 4.69) is 0 Å². The quantitative estimate of drug-likeness (QED) is 0.663. The molecule has 3 heteroatoms. The van der Waals surface area contributed by atoms with Gasteiger partial charge in [0.15, 0.2) is 6.29 Å². The summed E-state index contributed by atoms with van der Waals surface area (Å²) in [4.78, 5) is 11.1. The zero-order valence-electron chi connectivity index (χ0n) is 11.3. The van der Waals surface area contributed by atoms with Gasteiger partial charge in [0.25, 0.3) is 0 Å². The predicted molar refractivity (Wildman–Crippen MR) is 80.1 cm³/mol. The number of fused-ring (bicyclic) bond motifs is 1. The highest BCUT2D eigenvalue weighted by molar-refractivity contribution is 6.00. The molecule has 21 heavy (non-hydrogen) atoms. The molecule has 0 saturated carbocycles. The summed E-state index contributed by atoms with van der Waals surface area (Å²) in [6.07, 6.45) is 0.822. The van der Waals surface area contributed by atoms with Crippen LogP contribution in [0.4, 0.5) is 4.39 Å². The maximum Gasteiger partial charge on any atom is 0.150 e. The summed E-state index contributed by atoms with van der Waals surface area (Å²) in [5.41, 5.74) is 1.12. The van der Waals surface area contributed by atoms with Gasteiger partial charge in [-0.05, 0) is 23.6 Å². The molecule has 0 aliphatic rings. The summed E-state index contributed by atoms with van der Waals surface area (Å²) < 4.78 is 19.3. The monoisotopic (exact) mass is 280 g/mol. The van der Waals surface area contributed by atoms with Crippen molar-refractivity contribution >= 4 is 17.1 Å². The number of halogens is 1. The second-order valence-electron chi connectivity index (χ2n) is 4.70. The summed E-state index contributed by atoms with van der Waals surface area (Å²) >= 11 is 0. The topological polar surface area (TPSA) is 26.3 Å². The molecule has 0 unspecified atom stereocenters. The Balaban J connectivity index is 1.95. The average molecular weight is 280 g/mol. The first-order valence-corrected chi connectivity index (χ1v) is 6.63. The van der Waals surface area contributed by atoms with Crippen molar-refractivity contribution in [1.29, 1.82) is 0 Å². The molecule has 0 radical (unpaired) electrons. The molecule has 3 rings (SSSR count). The first-order chi connectivity index (χ1) is 10.3. The minimum Gasteiger partial charge on any atom is -0.488 e. The molecule has 3 aromatic rings. The number of hydrogen-bond acceptors (Lipinski definition) is 2. The molecule has 0 heterocycles. The van der Waals surface area contributed by atoms with E-state index in [-0.39, 0.29) is 12.4 Å². The van der Waals surface area contributed by atoms with Crippen molar-refractivity contribution < 1.29 is 13.9 Å². The fourth-order valence-electron chi connectivity index (χ4n) is 2.29. The van der Waals surface area contributed by atoms with Crippen LogP contribution < -0.4 is 4.74 Å². The van der Waals surface area contributed by atoms with Crippen LogP contribution in [0.1, 0.15) is 15.9 Å². The van der Waals surface area contributed by atoms with E-state index in [9.17, 15) is 9.18 Å². The molecular weight excluding hydrogens is 267 g/mol. The Hall–Kier alpha value is -2.68. The highest BCUT2D eigenvalue weighted by atomic mass is 19.1. The molecule has 2 nitrogen and oxygen atoms in total. The van der Waals surface area contributed by atoms with Crippen LogP contribution in [0, 0.1) is 5.82 Å². The number of aldehydes is 1. The van der Waals surface area contributed by atoms with E-state index in [1.165, 1.54) is 6.07 Å². The lowest BCUT2D eigenvalue weighted by molar-refractivity contribution is 0.112. The molecule has 0 saturated heterocycles. The summed E-state index contributed by atoms with van der Waals surface area (Å²) in [7, 11) is 0. The molecule has 0 aliphatic carbocycles. The van der Waals surface area contributed by atoms with Gasteiger partial charge in [-0.25, -0.2) is 4.39 Å². The smallest absolute Gasteiger partial charge is 0.150 e. The maximum atomic E-state index is 13.6. The second-order valence-corrected chi connectivity index (χ2v) is 4.70. The molecule has 0 aromatic heterocycles. The van der Waals surface area contributed by atoms with Gasteiger partial charge in [-0.1, -0.05) is 42.5 Å². The molecular formula is C18H13FO2. The van der Waals surface area contributed by atoms with Crippen molar-refractivity contribution in [1.82, 2.24) is 0 Å². The number of benzene rings is 3. The molecule has 3 aromatic carbocycles. The third kappa shape index (κ3) is 2.63. The number of hydrogen-bond donors (Lipinski definition) is 0. The lowest BCUT2D eigenvalue weighted by Crippen LogP contribution is -1.99. The number of ether oxygens (including phenoxy) is 1. The highest BCUT2D eigenvalue weighted by Crippen LogP contribution is 2.28. The lowest BCUT2D eigenvalue weighted by Gasteiger charge is -2.11. The maximum absolute atomic E-state index is 13.6. The van der Waals surface area contributed by atoms with Crippen LogP contribution >= 0.6 is 0 Å². The molecule has 104 valence electrons. The van der Waals surface area contributed by atoms with Crippen molar-refractivity contribution in [2.75, 3.05) is 0 Å². The minimum atomic E-state index is -0.286. The Morgan fingerprint density at radius 3 is 2.38 bits per heavy atom. The minimum absolute atomic E-state index is 0.150. The van der Waals surface area contributed by atoms with Gasteiger partial charge in [0.05, 0.1) is 0 Å². The van der Waals surface area contributed by atoms with Crippen LogP contribution in [0.5, 0.6) is 5.75 Å². The Bertz CT molecular complexity index is 796. The lowest BCUT2D eigenvalue weighted by atomic mass is 10.0. The van der Waals surface area contributed by atoms with Crippen LogP contribution in [0.3, 0.4) is 0 Å². The standard InChI is InChI=1S/C18H13FO2/c19-17-8-4-1-5-14(17)12-21-18-10-9-13(11-20)15-6-2-3-7-16(15)18/h1-11H,12H2. The Morgan fingerprint density at radius 2 is 1.62 bits per heavy atom. The molecule has 0 fully saturated rings. The highest BCUT2D eigenvalue weighted by Gasteiger charge is 2.07. The van der Waals surface area contributed by atoms with E-state index in [0.717, 1.165) is 17.1 Å². The van der Waals surface area contributed by atoms with E-state index < -0.39 is 0 Å². The fourth-order valence-corrected chi connectivity index (χ4v) is 2.29. The molecule has 0 atom stereocenters. The zero-order valence-corrected chi connectivity index (χ0v) is 11.3. The Labute approximate surface area is 121 Å². The number of rotatable bonds is 4. The van der Waals surface area contributed by atoms with Crippen LogP contribution in [-0.4, -0.2) is 6.29 Å². The van der Waals surface area contributed by atoms with E-state index >= 15 is 0 Å². The zero-order chi connectivity index (χ0) is 14.7. The third-order valence-electron chi connectivity index (χ3n) is 3.39. The molecule has 0 bridgehead atoms. The molecule has 0 amide bonds. The Morgan fingerprint density at radius 1 is 0.905 bits per heavy atom. The SMILES string of the molecule is O=Cc1ccc(OCc2ccccc2F)c2ccccc12. The van der Waals surface area contributed by atoms with Gasteiger partial charge >= 0.3 is 0 Å². The van der Waals surface area contributed by atoms with Gasteiger partial charge in [0, 0.05) is 16.5 Å². The molecule has 0 aliphatic heterocycles. The second kappa shape index (κ2) is 5.75. The van der Waals surface area contributed by atoms with Gasteiger partial charge in [0.2, 0.25) is 0 Å². The number of carbonyl (C=O) groups is 1. The summed E-state index contributed by atoms with van der Waals surface area (Å²) in [6, 6.07) is 17.5. The molecule has 0 N–H and O–H groups in total. The van der Waals surface area contributed by atoms with Crippen LogP contribution in [0.2, 0.25) is 0 Å². The van der Waals surface area contributed by atoms with E-state index in [1.807, 2.05) is 24.3 Å². The third-order valence-corrected chi connectivity index (χ3v) is 3.39. The van der Waals surface area contributed by atoms with E-state index in [1.54, 1.807) is 30.3 Å². The average Bonchev–Trinajstić information content (AvgIpc) is 2.54. The predicted octanol–water partition coefficient (Wildman–Crippen LogP) is 4.37. The van der Waals surface area contributed by atoms with Gasteiger partial charge in [-0.3, -0.25) is 4.79 Å². The van der Waals surface area contributed by atoms with E-state index in [4.69, 9.17) is 4.74 Å². The first-order valence-electron chi connectivity index (χ1n) is 6.63. The van der Waals surface area contributed by atoms with Gasteiger partial charge < -0.3 is 4.74 Å². The van der Waals surface area contributed by atoms with E-state index in [0.29, 0.717) is 16.9 Å². The van der Waals surface area contributed by atoms with Crippen molar-refractivity contribution in [2.24, 2.45) is 0 Å². The summed E-state index contributed by atoms with van der Waals surface area (Å²) in [5.74, 6) is 0.353. The Kier molecular flexibility index (Phi) is 3.65. The fraction of sp³-hybridized carbons (Fsp3) is 0.0556. The van der Waals surface area contributed by atoms with Gasteiger partial charge in [-0.2, -0.15) is 0 Å². The van der Waals surface area contributed by atoms with Crippen molar-refractivity contribution in [3.8, 4) is 5.75 Å². The van der Waals surface area contributed by atoms with Crippen LogP contribution in [-0.2, 0) is 6.61 Å².